The third-order valence-corrected chi connectivity index (χ3v) is 17.9. The summed E-state index contributed by atoms with van der Waals surface area (Å²) in [4.78, 5) is 7.50. The van der Waals surface area contributed by atoms with Crippen LogP contribution < -0.4 is 31.1 Å². The van der Waals surface area contributed by atoms with Gasteiger partial charge in [0, 0.05) is 44.6 Å². The van der Waals surface area contributed by atoms with Gasteiger partial charge >= 0.3 is 54.6 Å². The molecule has 1 aromatic heterocycles. The average Bonchev–Trinajstić information content (AvgIpc) is 1.24. The van der Waals surface area contributed by atoms with Crippen molar-refractivity contribution >= 4 is 96.2 Å². The molecule has 0 bridgehead atoms. The second-order valence-corrected chi connectivity index (χ2v) is 28.0. The molecule has 0 atom stereocenters. The maximum Gasteiger partial charge on any atom is 2.00 e. The summed E-state index contributed by atoms with van der Waals surface area (Å²) < 4.78 is 6.73. The van der Waals surface area contributed by atoms with E-state index in [-0.39, 0.29) is 83.0 Å². The van der Waals surface area contributed by atoms with E-state index in [2.05, 4.69) is 300 Å². The Morgan fingerprint density at radius 2 is 1.07 bits per heavy atom. The van der Waals surface area contributed by atoms with Gasteiger partial charge in [0.05, 0.1) is 11.4 Å². The number of aryl methyl sites for hydroxylation is 2. The molecule has 0 radical (unpaired) electrons. The van der Waals surface area contributed by atoms with E-state index in [1.165, 1.54) is 38.6 Å². The Bertz CT molecular complexity index is 4430. The molecule has 87 heavy (non-hydrogen) atoms. The predicted octanol–water partition coefficient (Wildman–Crippen LogP) is 20.2. The molecule has 0 aliphatic carbocycles. The molecule has 0 spiro atoms. The Kier molecular flexibility index (Phi) is 16.0. The fourth-order valence-electron chi connectivity index (χ4n) is 13.5. The van der Waals surface area contributed by atoms with Crippen LogP contribution in [0, 0.1) is 39.8 Å². The fraction of sp³-hybridized carbons (Fsp3) is 0.225. The molecule has 0 fully saturated rings. The first-order valence-electron chi connectivity index (χ1n) is 30.2. The van der Waals surface area contributed by atoms with Crippen LogP contribution in [0.2, 0.25) is 0 Å². The van der Waals surface area contributed by atoms with Crippen LogP contribution in [-0.4, -0.2) is 6.71 Å². The zero-order chi connectivity index (χ0) is 59.8. The molecular formula is C80H76BCd2N3O. The molecule has 0 saturated carbocycles. The number of rotatable bonds is 7. The van der Waals surface area contributed by atoms with Crippen LogP contribution in [0.1, 0.15) is 128 Å². The topological polar surface area (TPSA) is 22.9 Å². The molecule has 10 aromatic carbocycles. The van der Waals surface area contributed by atoms with Crippen molar-refractivity contribution < 1.29 is 59.0 Å². The first-order valence-corrected chi connectivity index (χ1v) is 30.2. The standard InChI is InChI=1S/C80H76BN3O.2Cd/c1-49-43-54(62-29-24-30-64-63-28-21-23-32-71(63)85-76(62)64)44-50(2)73(49)84-69-47-60(82(58-37-33-55(34-38-58)77(5,6)7)68-31-22-20-27-61(68)53-25-18-17-19-26-53)41-42-66(69)81-67-46-57(79(11,12)13)45-51(3)74(67)83(59-39-35-56(36-40-59)78(8,9)10)75-52(4)65(80(14,15)16)48-70(84)72(75)81;;/h17-38,41-48H,3-4H2,1-2,5-16H3;;/q-4;2*+2. The molecular weight excluding hydrogens is 1250 g/mol. The van der Waals surface area contributed by atoms with Crippen LogP contribution in [0.15, 0.2) is 186 Å². The van der Waals surface area contributed by atoms with Gasteiger partial charge in [-0.2, -0.15) is 31.0 Å². The summed E-state index contributed by atoms with van der Waals surface area (Å²) in [5, 5.41) is 2.24. The summed E-state index contributed by atoms with van der Waals surface area (Å²) in [6, 6.07) is 75.0. The van der Waals surface area contributed by atoms with Gasteiger partial charge in [-0.25, -0.2) is 5.69 Å². The monoisotopic (exact) mass is 1330 g/mol. The van der Waals surface area contributed by atoms with Crippen molar-refractivity contribution in [1.82, 2.24) is 0 Å². The molecule has 2 aliphatic heterocycles. The number of hydrogen-bond donors (Lipinski definition) is 0. The number of furan rings is 1. The molecule has 2 aliphatic rings. The summed E-state index contributed by atoms with van der Waals surface area (Å²) in [6.07, 6.45) is 0. The van der Waals surface area contributed by atoms with Gasteiger partial charge in [0.15, 0.2) is 0 Å². The Morgan fingerprint density at radius 3 is 1.72 bits per heavy atom. The molecule has 13 rings (SSSR count). The molecule has 0 saturated heterocycles. The molecule has 4 nitrogen and oxygen atoms in total. The summed E-state index contributed by atoms with van der Waals surface area (Å²) in [7, 11) is 0. The molecule has 424 valence electrons. The molecule has 0 unspecified atom stereocenters. The minimum absolute atomic E-state index is 0. The third kappa shape index (κ3) is 10.6. The van der Waals surface area contributed by atoms with Gasteiger partial charge in [0.1, 0.15) is 11.2 Å². The van der Waals surface area contributed by atoms with E-state index in [4.69, 9.17) is 18.3 Å². The van der Waals surface area contributed by atoms with Crippen molar-refractivity contribution in [2.75, 3.05) is 14.7 Å². The Morgan fingerprint density at radius 1 is 0.471 bits per heavy atom. The molecule has 0 amide bonds. The second kappa shape index (κ2) is 22.6. The normalized spacial score (nSPS) is 13.0. The smallest absolute Gasteiger partial charge is 0.463 e. The van der Waals surface area contributed by atoms with Crippen LogP contribution >= 0.6 is 0 Å². The van der Waals surface area contributed by atoms with Gasteiger partial charge in [0.25, 0.3) is 0 Å². The number of anilines is 9. The predicted molar refractivity (Wildman–Crippen MR) is 364 cm³/mol. The molecule has 3 heterocycles. The summed E-state index contributed by atoms with van der Waals surface area (Å²) in [5.74, 6) is 0. The largest absolute Gasteiger partial charge is 2.00 e. The minimum Gasteiger partial charge on any atom is -0.463 e. The van der Waals surface area contributed by atoms with E-state index in [1.807, 2.05) is 6.07 Å². The second-order valence-electron chi connectivity index (χ2n) is 28.0. The Labute approximate surface area is 558 Å². The maximum absolute atomic E-state index is 6.73. The van der Waals surface area contributed by atoms with E-state index in [1.54, 1.807) is 0 Å². The summed E-state index contributed by atoms with van der Waals surface area (Å²) in [6.45, 7) is 42.0. The fourth-order valence-corrected chi connectivity index (χ4v) is 13.5. The maximum atomic E-state index is 6.73. The van der Waals surface area contributed by atoms with Crippen LogP contribution in [-0.2, 0) is 76.3 Å². The number of nitrogens with zero attached hydrogens (tertiary/aromatic N) is 3. The van der Waals surface area contributed by atoms with Crippen LogP contribution in [0.4, 0.5) is 51.2 Å². The van der Waals surface area contributed by atoms with Gasteiger partial charge in [-0.05, 0) is 106 Å². The summed E-state index contributed by atoms with van der Waals surface area (Å²) in [5.41, 5.74) is 28.0. The van der Waals surface area contributed by atoms with Crippen molar-refractivity contribution in [2.45, 2.75) is 119 Å². The number of hydrogen-bond acceptors (Lipinski definition) is 4. The quantitative estimate of drug-likeness (QED) is 0.117. The van der Waals surface area contributed by atoms with Crippen molar-refractivity contribution in [3.8, 4) is 22.3 Å². The number of para-hydroxylation sites is 3. The SMILES string of the molecule is [CH2-]c1cc(C(C)(C)C)cc2c1N(c1[c-]cc(C(C)(C)C)c[c-]1)c1c([CH2-])c(C(C)(C)C)cc3c1B2c1ccc(N(c2ccc(C(C)(C)C)cc2)c2ccccc2-c2ccccc2)cc1N3c1c(C)cc(-c2cccc3c2oc2ccccc23)cc1C.[Cd+2].[Cd+2]. The van der Waals surface area contributed by atoms with E-state index in [9.17, 15) is 0 Å². The van der Waals surface area contributed by atoms with Gasteiger partial charge in [-0.15, -0.1) is 16.4 Å². The zero-order valence-corrected chi connectivity index (χ0v) is 61.5. The first-order chi connectivity index (χ1) is 40.4. The van der Waals surface area contributed by atoms with E-state index in [0.29, 0.717) is 0 Å². The molecule has 0 N–H and O–H groups in total. The summed E-state index contributed by atoms with van der Waals surface area (Å²) >= 11 is 0. The third-order valence-electron chi connectivity index (χ3n) is 17.9. The Hall–Kier alpha value is -6.95. The van der Waals surface area contributed by atoms with Gasteiger partial charge in [-0.1, -0.05) is 226 Å². The van der Waals surface area contributed by atoms with Gasteiger partial charge in [-0.3, -0.25) is 17.7 Å². The van der Waals surface area contributed by atoms with Crippen LogP contribution in [0.25, 0.3) is 44.2 Å². The van der Waals surface area contributed by atoms with Gasteiger partial charge < -0.3 is 31.2 Å². The molecule has 7 heteroatoms. The van der Waals surface area contributed by atoms with Crippen molar-refractivity contribution in [2.24, 2.45) is 0 Å². The van der Waals surface area contributed by atoms with Crippen LogP contribution in [0.3, 0.4) is 0 Å². The molecule has 11 aromatic rings. The number of benzene rings is 10. The minimum atomic E-state index is -0.304. The van der Waals surface area contributed by atoms with E-state index < -0.39 is 0 Å². The van der Waals surface area contributed by atoms with Gasteiger partial charge in [0.2, 0.25) is 6.71 Å². The Balaban J connectivity index is 0.00000392. The van der Waals surface area contributed by atoms with E-state index in [0.717, 1.165) is 118 Å². The number of fused-ring (bicyclic) bond motifs is 7. The zero-order valence-electron chi connectivity index (χ0n) is 53.5. The van der Waals surface area contributed by atoms with Crippen molar-refractivity contribution in [3.63, 3.8) is 0 Å². The van der Waals surface area contributed by atoms with Crippen molar-refractivity contribution in [3.05, 3.63) is 252 Å². The van der Waals surface area contributed by atoms with E-state index >= 15 is 0 Å². The van der Waals surface area contributed by atoms with Crippen LogP contribution in [0.5, 0.6) is 0 Å². The van der Waals surface area contributed by atoms with Crippen molar-refractivity contribution in [1.29, 1.82) is 0 Å². The first kappa shape index (κ1) is 61.7. The average molecular weight is 1330 g/mol.